The minimum absolute atomic E-state index is 0.0190. The van der Waals surface area contributed by atoms with Gasteiger partial charge in [0.2, 0.25) is 11.8 Å². The Labute approximate surface area is 105 Å². The highest BCUT2D eigenvalue weighted by atomic mass is 19.1. The molecule has 1 rings (SSSR count). The molecule has 1 aromatic rings. The van der Waals surface area contributed by atoms with Gasteiger partial charge in [0, 0.05) is 16.8 Å². The Balaban J connectivity index is 3.08. The van der Waals surface area contributed by atoms with Crippen molar-refractivity contribution in [2.75, 3.05) is 12.4 Å². The summed E-state index contributed by atoms with van der Waals surface area (Å²) in [4.78, 5) is 22.7. The van der Waals surface area contributed by atoms with Crippen molar-refractivity contribution in [2.45, 2.75) is 19.9 Å². The summed E-state index contributed by atoms with van der Waals surface area (Å²) in [6.45, 7) is 3.18. The van der Waals surface area contributed by atoms with Gasteiger partial charge in [0.1, 0.15) is 5.82 Å². The van der Waals surface area contributed by atoms with Gasteiger partial charge in [-0.1, -0.05) is 0 Å². The van der Waals surface area contributed by atoms with Crippen molar-refractivity contribution in [3.8, 4) is 0 Å². The highest BCUT2D eigenvalue weighted by molar-refractivity contribution is 5.98. The van der Waals surface area contributed by atoms with Gasteiger partial charge in [-0.25, -0.2) is 4.39 Å². The fourth-order valence-electron chi connectivity index (χ4n) is 1.32. The Morgan fingerprint density at radius 2 is 2.00 bits per heavy atom. The summed E-state index contributed by atoms with van der Waals surface area (Å²) >= 11 is 0. The summed E-state index contributed by atoms with van der Waals surface area (Å²) in [6, 6.07) is 1.99. The first kappa shape index (κ1) is 14.1. The lowest BCUT2D eigenvalue weighted by Crippen LogP contribution is -2.35. The minimum Gasteiger partial charge on any atom is -0.366 e. The molecule has 0 fully saturated rings. The number of carbonyl (C=O) groups is 2. The van der Waals surface area contributed by atoms with E-state index in [9.17, 15) is 14.0 Å². The van der Waals surface area contributed by atoms with E-state index >= 15 is 0 Å². The number of anilines is 1. The third-order valence-electron chi connectivity index (χ3n) is 2.71. The first-order valence-corrected chi connectivity index (χ1v) is 5.45. The number of primary amides is 1. The summed E-state index contributed by atoms with van der Waals surface area (Å²) in [7, 11) is 1.64. The van der Waals surface area contributed by atoms with Crippen molar-refractivity contribution < 1.29 is 14.0 Å². The third-order valence-corrected chi connectivity index (χ3v) is 2.71. The van der Waals surface area contributed by atoms with Crippen LogP contribution in [-0.2, 0) is 4.79 Å². The number of halogens is 1. The van der Waals surface area contributed by atoms with E-state index in [0.717, 1.165) is 6.07 Å². The topological polar surface area (TPSA) is 84.2 Å². The summed E-state index contributed by atoms with van der Waals surface area (Å²) in [5, 5.41) is 5.31. The lowest BCUT2D eigenvalue weighted by atomic mass is 10.1. The maximum atomic E-state index is 13.6. The van der Waals surface area contributed by atoms with Gasteiger partial charge >= 0.3 is 0 Å². The van der Waals surface area contributed by atoms with Gasteiger partial charge in [-0.2, -0.15) is 0 Å². The van der Waals surface area contributed by atoms with E-state index in [0.29, 0.717) is 0 Å². The molecule has 2 amide bonds. The molecule has 4 N–H and O–H groups in total. The fourth-order valence-corrected chi connectivity index (χ4v) is 1.32. The van der Waals surface area contributed by atoms with Crippen LogP contribution in [0.5, 0.6) is 0 Å². The lowest BCUT2D eigenvalue weighted by Gasteiger charge is -2.14. The Kier molecular flexibility index (Phi) is 4.38. The molecule has 0 aliphatic heterocycles. The molecule has 5 nitrogen and oxygen atoms in total. The molecule has 1 aromatic carbocycles. The number of likely N-dealkylation sites (N-methyl/N-ethyl adjacent to an activating group) is 1. The van der Waals surface area contributed by atoms with Crippen LogP contribution in [-0.4, -0.2) is 24.9 Å². The first-order chi connectivity index (χ1) is 8.36. The molecule has 0 aliphatic rings. The van der Waals surface area contributed by atoms with Gasteiger partial charge in [0.25, 0.3) is 0 Å². The van der Waals surface area contributed by atoms with E-state index < -0.39 is 17.8 Å². The van der Waals surface area contributed by atoms with Crippen LogP contribution in [0.2, 0.25) is 0 Å². The van der Waals surface area contributed by atoms with E-state index in [-0.39, 0.29) is 22.7 Å². The molecule has 18 heavy (non-hydrogen) atoms. The van der Waals surface area contributed by atoms with E-state index in [1.807, 2.05) is 0 Å². The van der Waals surface area contributed by atoms with Crippen molar-refractivity contribution in [3.63, 3.8) is 0 Å². The number of benzene rings is 1. The number of amides is 2. The maximum Gasteiger partial charge on any atom is 0.248 e. The molecule has 98 valence electrons. The number of rotatable bonds is 4. The van der Waals surface area contributed by atoms with Gasteiger partial charge < -0.3 is 16.4 Å². The molecule has 0 saturated carbocycles. The largest absolute Gasteiger partial charge is 0.366 e. The summed E-state index contributed by atoms with van der Waals surface area (Å²) in [6.07, 6.45) is 0. The van der Waals surface area contributed by atoms with Gasteiger partial charge in [-0.3, -0.25) is 9.59 Å². The number of nitrogens with two attached hydrogens (primary N) is 1. The molecule has 0 heterocycles. The van der Waals surface area contributed by atoms with Crippen LogP contribution in [0.15, 0.2) is 12.1 Å². The van der Waals surface area contributed by atoms with Gasteiger partial charge in [0.05, 0.1) is 6.04 Å². The van der Waals surface area contributed by atoms with Gasteiger partial charge in [-0.05, 0) is 33.0 Å². The number of nitrogens with one attached hydrogen (secondary N) is 2. The molecule has 6 heteroatoms. The van der Waals surface area contributed by atoms with Crippen molar-refractivity contribution >= 4 is 17.5 Å². The van der Waals surface area contributed by atoms with Crippen molar-refractivity contribution in [1.29, 1.82) is 0 Å². The fraction of sp³-hybridized carbons (Fsp3) is 0.333. The molecular weight excluding hydrogens is 237 g/mol. The molecule has 0 radical (unpaired) electrons. The molecule has 0 aliphatic carbocycles. The van der Waals surface area contributed by atoms with E-state index in [1.54, 1.807) is 14.0 Å². The zero-order valence-corrected chi connectivity index (χ0v) is 10.5. The van der Waals surface area contributed by atoms with Crippen molar-refractivity contribution in [2.24, 2.45) is 5.73 Å². The van der Waals surface area contributed by atoms with Crippen LogP contribution < -0.4 is 16.4 Å². The summed E-state index contributed by atoms with van der Waals surface area (Å²) in [5.74, 6) is -1.65. The van der Waals surface area contributed by atoms with Gasteiger partial charge in [-0.15, -0.1) is 0 Å². The average molecular weight is 253 g/mol. The first-order valence-electron chi connectivity index (χ1n) is 5.45. The smallest absolute Gasteiger partial charge is 0.248 e. The van der Waals surface area contributed by atoms with Crippen LogP contribution >= 0.6 is 0 Å². The van der Waals surface area contributed by atoms with Crippen LogP contribution in [0, 0.1) is 12.7 Å². The standard InChI is InChI=1S/C12H16FN3O2/c1-6-9(13)4-8(11(14)17)5-10(6)16-12(18)7(2)15-3/h4-5,7,15H,1-3H3,(H2,14,17)(H,16,18). The Hall–Kier alpha value is -1.95. The number of carbonyl (C=O) groups excluding carboxylic acids is 2. The predicted octanol–water partition coefficient (Wildman–Crippen LogP) is 0.779. The monoisotopic (exact) mass is 253 g/mol. The molecule has 0 aromatic heterocycles. The van der Waals surface area contributed by atoms with Crippen LogP contribution in [0.3, 0.4) is 0 Å². The Morgan fingerprint density at radius 3 is 2.50 bits per heavy atom. The molecule has 0 saturated heterocycles. The van der Waals surface area contributed by atoms with E-state index in [2.05, 4.69) is 10.6 Å². The van der Waals surface area contributed by atoms with Crippen molar-refractivity contribution in [1.82, 2.24) is 5.32 Å². The van der Waals surface area contributed by atoms with Crippen LogP contribution in [0.4, 0.5) is 10.1 Å². The normalized spacial score (nSPS) is 12.0. The summed E-state index contributed by atoms with van der Waals surface area (Å²) < 4.78 is 13.6. The third kappa shape index (κ3) is 3.04. The van der Waals surface area contributed by atoms with Gasteiger partial charge in [0.15, 0.2) is 0 Å². The lowest BCUT2D eigenvalue weighted by molar-refractivity contribution is -0.117. The van der Waals surface area contributed by atoms with Crippen LogP contribution in [0.25, 0.3) is 0 Å². The molecular formula is C12H16FN3O2. The molecule has 0 spiro atoms. The number of hydrogen-bond donors (Lipinski definition) is 3. The highest BCUT2D eigenvalue weighted by Gasteiger charge is 2.15. The summed E-state index contributed by atoms with van der Waals surface area (Å²) in [5.41, 5.74) is 5.61. The molecule has 1 atom stereocenters. The van der Waals surface area contributed by atoms with Crippen LogP contribution in [0.1, 0.15) is 22.8 Å². The molecule has 1 unspecified atom stereocenters. The predicted molar refractivity (Wildman–Crippen MR) is 66.8 cm³/mol. The van der Waals surface area contributed by atoms with E-state index in [4.69, 9.17) is 5.73 Å². The minimum atomic E-state index is -0.744. The Morgan fingerprint density at radius 1 is 1.39 bits per heavy atom. The zero-order valence-electron chi connectivity index (χ0n) is 10.5. The van der Waals surface area contributed by atoms with Crippen molar-refractivity contribution in [3.05, 3.63) is 29.1 Å². The van der Waals surface area contributed by atoms with E-state index in [1.165, 1.54) is 13.0 Å². The zero-order chi connectivity index (χ0) is 13.9. The molecule has 0 bridgehead atoms. The highest BCUT2D eigenvalue weighted by Crippen LogP contribution is 2.20. The second-order valence-electron chi connectivity index (χ2n) is 3.99. The second kappa shape index (κ2) is 5.59. The number of hydrogen-bond acceptors (Lipinski definition) is 3. The Bertz CT molecular complexity index is 488. The quantitative estimate of drug-likeness (QED) is 0.741. The maximum absolute atomic E-state index is 13.6. The second-order valence-corrected chi connectivity index (χ2v) is 3.99. The SMILES string of the molecule is CNC(C)C(=O)Nc1cc(C(N)=O)cc(F)c1C. The average Bonchev–Trinajstić information content (AvgIpc) is 2.33.